The van der Waals surface area contributed by atoms with Crippen LogP contribution in [0.2, 0.25) is 0 Å². The van der Waals surface area contributed by atoms with E-state index in [1.807, 2.05) is 33.0 Å². The minimum absolute atomic E-state index is 0. The molecule has 1 aliphatic rings. The van der Waals surface area contributed by atoms with Gasteiger partial charge < -0.3 is 10.6 Å². The van der Waals surface area contributed by atoms with E-state index in [0.717, 1.165) is 36.8 Å². The van der Waals surface area contributed by atoms with Crippen LogP contribution in [0.25, 0.3) is 0 Å². The van der Waals surface area contributed by atoms with Crippen molar-refractivity contribution in [3.05, 3.63) is 29.3 Å². The number of amides is 1. The summed E-state index contributed by atoms with van der Waals surface area (Å²) in [6.45, 7) is 9.27. The number of carbonyl (C=O) groups is 1. The highest BCUT2D eigenvalue weighted by atomic mass is 35.5. The number of piperidine rings is 1. The number of benzene rings is 1. The fraction of sp³-hybridized carbons (Fsp3) is 0.632. The molecule has 0 radical (unpaired) electrons. The molecule has 1 saturated heterocycles. The number of carbonyl (C=O) groups excluding carboxylic acids is 1. The fourth-order valence-corrected chi connectivity index (χ4v) is 3.33. The third-order valence-electron chi connectivity index (χ3n) is 5.02. The number of likely N-dealkylation sites (tertiary alicyclic amines) is 1. The number of hydrogen-bond acceptors (Lipinski definition) is 3. The Hall–Kier alpha value is -1.10. The molecule has 1 aromatic carbocycles. The molecular formula is C19H32ClN3O. The van der Waals surface area contributed by atoms with Gasteiger partial charge >= 0.3 is 0 Å². The molecule has 1 fully saturated rings. The Balaban J connectivity index is 0.00000288. The lowest BCUT2D eigenvalue weighted by Crippen LogP contribution is -2.46. The summed E-state index contributed by atoms with van der Waals surface area (Å²) in [5.74, 6) is 0.902. The van der Waals surface area contributed by atoms with E-state index >= 15 is 0 Å². The molecule has 0 spiro atoms. The quantitative estimate of drug-likeness (QED) is 0.824. The lowest BCUT2D eigenvalue weighted by Gasteiger charge is -2.35. The van der Waals surface area contributed by atoms with Crippen molar-refractivity contribution in [1.29, 1.82) is 0 Å². The zero-order valence-electron chi connectivity index (χ0n) is 15.4. The summed E-state index contributed by atoms with van der Waals surface area (Å²) >= 11 is 0. The van der Waals surface area contributed by atoms with E-state index < -0.39 is 0 Å². The highest BCUT2D eigenvalue weighted by Crippen LogP contribution is 2.22. The van der Waals surface area contributed by atoms with Crippen molar-refractivity contribution >= 4 is 24.0 Å². The Bertz CT molecular complexity index is 527. The molecule has 0 aromatic heterocycles. The smallest absolute Gasteiger partial charge is 0.241 e. The number of halogens is 1. The number of anilines is 1. The first-order valence-electron chi connectivity index (χ1n) is 8.78. The second-order valence-corrected chi connectivity index (χ2v) is 6.86. The van der Waals surface area contributed by atoms with Gasteiger partial charge in [0.05, 0.1) is 6.04 Å². The van der Waals surface area contributed by atoms with E-state index in [-0.39, 0.29) is 24.4 Å². The third-order valence-corrected chi connectivity index (χ3v) is 5.02. The zero-order chi connectivity index (χ0) is 16.8. The number of hydrogen-bond donors (Lipinski definition) is 2. The van der Waals surface area contributed by atoms with Crippen molar-refractivity contribution in [2.75, 3.05) is 32.0 Å². The molecule has 136 valence electrons. The Kier molecular flexibility index (Phi) is 8.74. The normalized spacial score (nSPS) is 17.2. The molecule has 1 unspecified atom stereocenters. The average Bonchev–Trinajstić information content (AvgIpc) is 2.55. The minimum atomic E-state index is -0.0686. The van der Waals surface area contributed by atoms with Crippen LogP contribution in [0.5, 0.6) is 0 Å². The summed E-state index contributed by atoms with van der Waals surface area (Å²) in [6.07, 6.45) is 3.64. The number of aryl methyl sites for hydroxylation is 2. The topological polar surface area (TPSA) is 44.4 Å². The first-order chi connectivity index (χ1) is 11.0. The number of nitrogens with zero attached hydrogens (tertiary/aromatic N) is 1. The molecular weight excluding hydrogens is 322 g/mol. The molecule has 1 amide bonds. The van der Waals surface area contributed by atoms with Crippen LogP contribution in [-0.2, 0) is 4.79 Å². The Morgan fingerprint density at radius 2 is 1.96 bits per heavy atom. The molecule has 0 saturated carbocycles. The van der Waals surface area contributed by atoms with Crippen LogP contribution in [0.4, 0.5) is 5.69 Å². The summed E-state index contributed by atoms with van der Waals surface area (Å²) in [5.41, 5.74) is 3.27. The van der Waals surface area contributed by atoms with E-state index in [2.05, 4.69) is 28.5 Å². The SMILES string of the molecule is CNCCC1CCN(C(C)C(=O)Nc2ccc(C)cc2C)CC1.Cl. The standard InChI is InChI=1S/C19H31N3O.ClH/c1-14-5-6-18(15(2)13-14)21-19(23)16(3)22-11-8-17(9-12-22)7-10-20-4;/h5-6,13,16-17,20H,7-12H2,1-4H3,(H,21,23);1H. The molecule has 5 heteroatoms. The van der Waals surface area contributed by atoms with Crippen molar-refractivity contribution in [1.82, 2.24) is 10.2 Å². The van der Waals surface area contributed by atoms with E-state index in [4.69, 9.17) is 0 Å². The molecule has 0 bridgehead atoms. The maximum atomic E-state index is 12.5. The molecule has 1 aliphatic heterocycles. The van der Waals surface area contributed by atoms with E-state index in [1.165, 1.54) is 24.8 Å². The highest BCUT2D eigenvalue weighted by molar-refractivity contribution is 5.95. The van der Waals surface area contributed by atoms with Crippen LogP contribution in [0.1, 0.15) is 37.3 Å². The van der Waals surface area contributed by atoms with Gasteiger partial charge in [0.1, 0.15) is 0 Å². The van der Waals surface area contributed by atoms with E-state index in [0.29, 0.717) is 0 Å². The van der Waals surface area contributed by atoms with Gasteiger partial charge in [-0.25, -0.2) is 0 Å². The highest BCUT2D eigenvalue weighted by Gasteiger charge is 2.26. The second-order valence-electron chi connectivity index (χ2n) is 6.86. The first-order valence-corrected chi connectivity index (χ1v) is 8.78. The van der Waals surface area contributed by atoms with E-state index in [9.17, 15) is 4.79 Å². The van der Waals surface area contributed by atoms with Gasteiger partial charge in [0, 0.05) is 5.69 Å². The van der Waals surface area contributed by atoms with Crippen molar-refractivity contribution in [2.24, 2.45) is 5.92 Å². The van der Waals surface area contributed by atoms with Crippen molar-refractivity contribution in [3.8, 4) is 0 Å². The van der Waals surface area contributed by atoms with Crippen LogP contribution >= 0.6 is 12.4 Å². The molecule has 24 heavy (non-hydrogen) atoms. The fourth-order valence-electron chi connectivity index (χ4n) is 3.33. The summed E-state index contributed by atoms with van der Waals surface area (Å²) in [6, 6.07) is 6.08. The Labute approximate surface area is 152 Å². The average molecular weight is 354 g/mol. The predicted octanol–water partition coefficient (Wildman–Crippen LogP) is 3.37. The van der Waals surface area contributed by atoms with Gasteiger partial charge in [0.25, 0.3) is 0 Å². The van der Waals surface area contributed by atoms with Crippen molar-refractivity contribution < 1.29 is 4.79 Å². The molecule has 1 atom stereocenters. The first kappa shape index (κ1) is 20.9. The Morgan fingerprint density at radius 3 is 2.54 bits per heavy atom. The summed E-state index contributed by atoms with van der Waals surface area (Å²) in [5, 5.41) is 6.32. The maximum Gasteiger partial charge on any atom is 0.241 e. The largest absolute Gasteiger partial charge is 0.324 e. The van der Waals surface area contributed by atoms with Gasteiger partial charge in [0.15, 0.2) is 0 Å². The van der Waals surface area contributed by atoms with Gasteiger partial charge in [-0.05, 0) is 84.3 Å². The Morgan fingerprint density at radius 1 is 1.29 bits per heavy atom. The monoisotopic (exact) mass is 353 g/mol. The lowest BCUT2D eigenvalue weighted by atomic mass is 9.93. The molecule has 0 aliphatic carbocycles. The predicted molar refractivity (Wildman–Crippen MR) is 104 cm³/mol. The van der Waals surface area contributed by atoms with Gasteiger partial charge in [0.2, 0.25) is 5.91 Å². The van der Waals surface area contributed by atoms with Crippen LogP contribution in [0.3, 0.4) is 0 Å². The molecule has 1 aromatic rings. The van der Waals surface area contributed by atoms with Gasteiger partial charge in [-0.1, -0.05) is 17.7 Å². The second kappa shape index (κ2) is 10.0. The third kappa shape index (κ3) is 5.76. The van der Waals surface area contributed by atoms with Crippen LogP contribution in [-0.4, -0.2) is 43.5 Å². The molecule has 2 rings (SSSR count). The van der Waals surface area contributed by atoms with E-state index in [1.54, 1.807) is 0 Å². The maximum absolute atomic E-state index is 12.5. The number of rotatable bonds is 6. The molecule has 2 N–H and O–H groups in total. The van der Waals surface area contributed by atoms with Crippen molar-refractivity contribution in [2.45, 2.75) is 46.1 Å². The van der Waals surface area contributed by atoms with Crippen LogP contribution in [0, 0.1) is 19.8 Å². The van der Waals surface area contributed by atoms with Crippen molar-refractivity contribution in [3.63, 3.8) is 0 Å². The molecule has 4 nitrogen and oxygen atoms in total. The van der Waals surface area contributed by atoms with Crippen LogP contribution < -0.4 is 10.6 Å². The zero-order valence-corrected chi connectivity index (χ0v) is 16.2. The summed E-state index contributed by atoms with van der Waals surface area (Å²) in [7, 11) is 2.01. The van der Waals surface area contributed by atoms with Gasteiger partial charge in [-0.3, -0.25) is 9.69 Å². The van der Waals surface area contributed by atoms with Gasteiger partial charge in [-0.15, -0.1) is 12.4 Å². The molecule has 1 heterocycles. The number of nitrogens with one attached hydrogen (secondary N) is 2. The van der Waals surface area contributed by atoms with Crippen LogP contribution in [0.15, 0.2) is 18.2 Å². The summed E-state index contributed by atoms with van der Waals surface area (Å²) < 4.78 is 0. The minimum Gasteiger partial charge on any atom is -0.324 e. The lowest BCUT2D eigenvalue weighted by molar-refractivity contribution is -0.121. The van der Waals surface area contributed by atoms with Gasteiger partial charge in [-0.2, -0.15) is 0 Å². The summed E-state index contributed by atoms with van der Waals surface area (Å²) in [4.78, 5) is 14.9.